The molecule has 0 aliphatic rings. The Kier molecular flexibility index (Phi) is 5.56. The van der Waals surface area contributed by atoms with Crippen molar-refractivity contribution in [1.82, 2.24) is 0 Å². The van der Waals surface area contributed by atoms with Gasteiger partial charge in [-0.1, -0.05) is 74.7 Å². The van der Waals surface area contributed by atoms with E-state index >= 15 is 0 Å². The first-order valence-corrected chi connectivity index (χ1v) is 6.96. The maximum atomic E-state index is 2.41. The predicted octanol–water partition coefficient (Wildman–Crippen LogP) is 6.06. The molecule has 0 spiro atoms. The van der Waals surface area contributed by atoms with Gasteiger partial charge >= 0.3 is 0 Å². The molecule has 98 valence electrons. The van der Waals surface area contributed by atoms with Crippen molar-refractivity contribution in [2.45, 2.75) is 87.5 Å². The van der Waals surface area contributed by atoms with Crippen molar-refractivity contribution < 1.29 is 0 Å². The summed E-state index contributed by atoms with van der Waals surface area (Å²) in [7, 11) is 0. The van der Waals surface area contributed by atoms with Gasteiger partial charge in [-0.05, 0) is 29.1 Å². The third-order valence-corrected chi connectivity index (χ3v) is 4.26. The van der Waals surface area contributed by atoms with Crippen LogP contribution in [-0.4, -0.2) is 0 Å². The van der Waals surface area contributed by atoms with Crippen LogP contribution in [0.25, 0.3) is 0 Å². The summed E-state index contributed by atoms with van der Waals surface area (Å²) in [6.07, 6.45) is 6.91. The van der Waals surface area contributed by atoms with Gasteiger partial charge in [0.2, 0.25) is 0 Å². The zero-order chi connectivity index (χ0) is 13.0. The minimum Gasteiger partial charge on any atom is -0.0602 e. The fourth-order valence-corrected chi connectivity index (χ4v) is 1.77. The molecule has 16 heavy (non-hydrogen) atoms. The van der Waals surface area contributed by atoms with Crippen molar-refractivity contribution in [2.75, 3.05) is 0 Å². The molecule has 0 aromatic heterocycles. The van der Waals surface area contributed by atoms with Crippen molar-refractivity contribution in [3.05, 3.63) is 0 Å². The van der Waals surface area contributed by atoms with E-state index in [-0.39, 0.29) is 0 Å². The Labute approximate surface area is 104 Å². The molecule has 0 rings (SSSR count). The topological polar surface area (TPSA) is 0 Å². The van der Waals surface area contributed by atoms with Crippen LogP contribution in [0.1, 0.15) is 87.5 Å². The van der Waals surface area contributed by atoms with Crippen LogP contribution in [0.2, 0.25) is 0 Å². The van der Waals surface area contributed by atoms with E-state index in [4.69, 9.17) is 0 Å². The molecule has 0 heteroatoms. The normalized spacial score (nSPS) is 14.2. The van der Waals surface area contributed by atoms with Crippen molar-refractivity contribution in [3.8, 4) is 0 Å². The second-order valence-electron chi connectivity index (χ2n) is 8.26. The fourth-order valence-electron chi connectivity index (χ4n) is 1.77. The van der Waals surface area contributed by atoms with Gasteiger partial charge < -0.3 is 0 Å². The lowest BCUT2D eigenvalue weighted by Crippen LogP contribution is -2.29. The third kappa shape index (κ3) is 6.55. The van der Waals surface area contributed by atoms with Gasteiger partial charge in [-0.2, -0.15) is 0 Å². The zero-order valence-corrected chi connectivity index (χ0v) is 13.0. The maximum absolute atomic E-state index is 2.41. The standard InChI is InChI=1S/C16H34/c1-14(2,3)12-10-9-11-13-16(7,8)15(4,5)6/h9-13H2,1-8H3. The fraction of sp³-hybridized carbons (Fsp3) is 1.00. The van der Waals surface area contributed by atoms with E-state index < -0.39 is 0 Å². The lowest BCUT2D eigenvalue weighted by atomic mass is 9.66. The zero-order valence-electron chi connectivity index (χ0n) is 13.0. The highest BCUT2D eigenvalue weighted by molar-refractivity contribution is 4.82. The van der Waals surface area contributed by atoms with Crippen molar-refractivity contribution >= 4 is 0 Å². The van der Waals surface area contributed by atoms with Gasteiger partial charge in [-0.25, -0.2) is 0 Å². The first kappa shape index (κ1) is 16.0. The molecular weight excluding hydrogens is 192 g/mol. The van der Waals surface area contributed by atoms with Gasteiger partial charge in [0.25, 0.3) is 0 Å². The molecule has 0 aliphatic heterocycles. The van der Waals surface area contributed by atoms with Crippen LogP contribution in [0.3, 0.4) is 0 Å². The minimum atomic E-state index is 0.428. The SMILES string of the molecule is CC(C)(C)CCCCCC(C)(C)C(C)(C)C. The van der Waals surface area contributed by atoms with Crippen LogP contribution in [0.4, 0.5) is 0 Å². The van der Waals surface area contributed by atoms with E-state index in [0.29, 0.717) is 16.2 Å². The largest absolute Gasteiger partial charge is 0.0602 e. The average Bonchev–Trinajstić information content (AvgIpc) is 1.98. The quantitative estimate of drug-likeness (QED) is 0.500. The summed E-state index contributed by atoms with van der Waals surface area (Å²) in [4.78, 5) is 0. The first-order valence-electron chi connectivity index (χ1n) is 6.96. The summed E-state index contributed by atoms with van der Waals surface area (Å²) < 4.78 is 0. The average molecular weight is 226 g/mol. The molecule has 0 saturated carbocycles. The monoisotopic (exact) mass is 226 g/mol. The molecule has 0 aromatic carbocycles. The molecule has 0 bridgehead atoms. The first-order chi connectivity index (χ1) is 6.96. The van der Waals surface area contributed by atoms with Crippen LogP contribution in [0.15, 0.2) is 0 Å². The van der Waals surface area contributed by atoms with Crippen LogP contribution in [-0.2, 0) is 0 Å². The Morgan fingerprint density at radius 1 is 0.562 bits per heavy atom. The molecule has 0 aliphatic carbocycles. The van der Waals surface area contributed by atoms with E-state index in [1.165, 1.54) is 32.1 Å². The Morgan fingerprint density at radius 3 is 1.38 bits per heavy atom. The second kappa shape index (κ2) is 5.56. The minimum absolute atomic E-state index is 0.428. The van der Waals surface area contributed by atoms with E-state index in [1.807, 2.05) is 0 Å². The van der Waals surface area contributed by atoms with Gasteiger partial charge in [-0.15, -0.1) is 0 Å². The molecule has 0 unspecified atom stereocenters. The summed E-state index contributed by atoms with van der Waals surface area (Å²) >= 11 is 0. The molecule has 0 aromatic rings. The van der Waals surface area contributed by atoms with Gasteiger partial charge in [-0.3, -0.25) is 0 Å². The van der Waals surface area contributed by atoms with E-state index in [9.17, 15) is 0 Å². The maximum Gasteiger partial charge on any atom is -0.0306 e. The molecule has 0 saturated heterocycles. The molecule has 0 radical (unpaired) electrons. The summed E-state index contributed by atoms with van der Waals surface area (Å²) in [6.45, 7) is 18.9. The molecule has 0 nitrogen and oxygen atoms in total. The Balaban J connectivity index is 3.75. The van der Waals surface area contributed by atoms with Crippen molar-refractivity contribution in [1.29, 1.82) is 0 Å². The number of hydrogen-bond acceptors (Lipinski definition) is 0. The molecule has 0 N–H and O–H groups in total. The summed E-state index contributed by atoms with van der Waals surface area (Å²) in [6, 6.07) is 0. The van der Waals surface area contributed by atoms with E-state index in [1.54, 1.807) is 0 Å². The highest BCUT2D eigenvalue weighted by atomic mass is 14.4. The van der Waals surface area contributed by atoms with Crippen LogP contribution in [0, 0.1) is 16.2 Å². The van der Waals surface area contributed by atoms with Crippen molar-refractivity contribution in [3.63, 3.8) is 0 Å². The molecule has 0 atom stereocenters. The van der Waals surface area contributed by atoms with Gasteiger partial charge in [0, 0.05) is 0 Å². The summed E-state index contributed by atoms with van der Waals surface area (Å²) in [5, 5.41) is 0. The Hall–Kier alpha value is 0. The molecule has 0 heterocycles. The predicted molar refractivity (Wildman–Crippen MR) is 75.8 cm³/mol. The van der Waals surface area contributed by atoms with E-state index in [0.717, 1.165) is 0 Å². The molecule has 0 amide bonds. The van der Waals surface area contributed by atoms with E-state index in [2.05, 4.69) is 55.4 Å². The second-order valence-corrected chi connectivity index (χ2v) is 8.26. The van der Waals surface area contributed by atoms with Crippen LogP contribution in [0.5, 0.6) is 0 Å². The number of hydrogen-bond donors (Lipinski definition) is 0. The van der Waals surface area contributed by atoms with Gasteiger partial charge in [0.15, 0.2) is 0 Å². The highest BCUT2D eigenvalue weighted by Crippen LogP contribution is 2.42. The lowest BCUT2D eigenvalue weighted by Gasteiger charge is -2.39. The Bertz CT molecular complexity index is 185. The van der Waals surface area contributed by atoms with Gasteiger partial charge in [0.1, 0.15) is 0 Å². The smallest absolute Gasteiger partial charge is 0.0306 e. The number of unbranched alkanes of at least 4 members (excludes halogenated alkanes) is 2. The Morgan fingerprint density at radius 2 is 1.00 bits per heavy atom. The number of rotatable bonds is 5. The van der Waals surface area contributed by atoms with Crippen LogP contribution >= 0.6 is 0 Å². The van der Waals surface area contributed by atoms with Crippen molar-refractivity contribution in [2.24, 2.45) is 16.2 Å². The highest BCUT2D eigenvalue weighted by Gasteiger charge is 2.31. The lowest BCUT2D eigenvalue weighted by molar-refractivity contribution is 0.115. The molecule has 0 fully saturated rings. The van der Waals surface area contributed by atoms with Crippen LogP contribution < -0.4 is 0 Å². The third-order valence-electron chi connectivity index (χ3n) is 4.26. The van der Waals surface area contributed by atoms with Gasteiger partial charge in [0.05, 0.1) is 0 Å². The summed E-state index contributed by atoms with van der Waals surface area (Å²) in [5.74, 6) is 0. The summed E-state index contributed by atoms with van der Waals surface area (Å²) in [5.41, 5.74) is 1.41. The molecular formula is C16H34.